The number of hydrogen-bond acceptors (Lipinski definition) is 6. The monoisotopic (exact) mass is 284 g/mol. The average molecular weight is 284 g/mol. The number of aromatic nitrogens is 1. The van der Waals surface area contributed by atoms with E-state index >= 15 is 0 Å². The molecule has 0 spiro atoms. The van der Waals surface area contributed by atoms with Gasteiger partial charge in [0.25, 0.3) is 0 Å². The minimum absolute atomic E-state index is 0.136. The molecule has 0 aromatic carbocycles. The topological polar surface area (TPSA) is 90.4 Å². The molecule has 0 amide bonds. The molecule has 0 atom stereocenters. The Morgan fingerprint density at radius 1 is 1.42 bits per heavy atom. The summed E-state index contributed by atoms with van der Waals surface area (Å²) < 4.78 is 30.7. The number of piperazine rings is 1. The molecule has 0 unspecified atom stereocenters. The molecular weight excluding hydrogens is 268 g/mol. The molecule has 0 bridgehead atoms. The van der Waals surface area contributed by atoms with Crippen molar-refractivity contribution in [2.45, 2.75) is 12.7 Å². The number of aryl methyl sites for hydroxylation is 1. The lowest BCUT2D eigenvalue weighted by Gasteiger charge is -2.32. The van der Waals surface area contributed by atoms with Gasteiger partial charge in [0.1, 0.15) is 17.2 Å². The van der Waals surface area contributed by atoms with Crippen molar-refractivity contribution >= 4 is 10.0 Å². The van der Waals surface area contributed by atoms with Gasteiger partial charge in [-0.15, -0.1) is 0 Å². The van der Waals surface area contributed by atoms with Crippen LogP contribution in [0.3, 0.4) is 0 Å². The van der Waals surface area contributed by atoms with E-state index in [0.29, 0.717) is 44.2 Å². The summed E-state index contributed by atoms with van der Waals surface area (Å²) in [4.78, 5) is 1.94. The third-order valence-electron chi connectivity index (χ3n) is 3.03. The van der Waals surface area contributed by atoms with Crippen molar-refractivity contribution < 1.29 is 12.9 Å². The summed E-state index contributed by atoms with van der Waals surface area (Å²) in [6, 6.07) is 3.70. The first-order chi connectivity index (χ1) is 9.01. The quantitative estimate of drug-likeness (QED) is 0.720. The molecule has 1 aromatic heterocycles. The van der Waals surface area contributed by atoms with E-state index in [2.05, 4.69) is 11.2 Å². The molecule has 1 saturated heterocycles. The van der Waals surface area contributed by atoms with Gasteiger partial charge in [-0.25, -0.2) is 8.42 Å². The summed E-state index contributed by atoms with van der Waals surface area (Å²) in [6.45, 7) is 4.08. The maximum Gasteiger partial charge on any atom is 0.220 e. The van der Waals surface area contributed by atoms with Crippen LogP contribution in [-0.2, 0) is 15.8 Å². The average Bonchev–Trinajstić information content (AvgIpc) is 2.75. The predicted molar refractivity (Wildman–Crippen MR) is 67.5 cm³/mol. The van der Waals surface area contributed by atoms with Crippen LogP contribution in [0.25, 0.3) is 0 Å². The lowest BCUT2D eigenvalue weighted by atomic mass is 10.4. The number of sulfonamides is 1. The summed E-state index contributed by atoms with van der Waals surface area (Å²) >= 11 is 0. The Hall–Kier alpha value is -1.43. The highest BCUT2D eigenvalue weighted by atomic mass is 32.2. The highest BCUT2D eigenvalue weighted by molar-refractivity contribution is 7.88. The van der Waals surface area contributed by atoms with E-state index in [9.17, 15) is 8.42 Å². The van der Waals surface area contributed by atoms with Crippen molar-refractivity contribution in [3.63, 3.8) is 0 Å². The Morgan fingerprint density at radius 2 is 2.11 bits per heavy atom. The van der Waals surface area contributed by atoms with Crippen LogP contribution in [0.2, 0.25) is 0 Å². The van der Waals surface area contributed by atoms with Gasteiger partial charge >= 0.3 is 0 Å². The van der Waals surface area contributed by atoms with Crippen molar-refractivity contribution in [1.29, 1.82) is 5.26 Å². The molecule has 19 heavy (non-hydrogen) atoms. The van der Waals surface area contributed by atoms with Gasteiger partial charge < -0.3 is 4.52 Å². The zero-order chi connectivity index (χ0) is 13.9. The van der Waals surface area contributed by atoms with Crippen LogP contribution in [-0.4, -0.2) is 55.5 Å². The third kappa shape index (κ3) is 3.53. The molecular formula is C11H16N4O3S. The minimum atomic E-state index is -3.36. The normalized spacial score (nSPS) is 18.3. The molecule has 0 aliphatic carbocycles. The van der Waals surface area contributed by atoms with Crippen LogP contribution >= 0.6 is 0 Å². The smallest absolute Gasteiger partial charge is 0.220 e. The van der Waals surface area contributed by atoms with E-state index in [1.807, 2.05) is 4.90 Å². The number of rotatable bonds is 4. The Balaban J connectivity index is 1.96. The second-order valence-corrected chi connectivity index (χ2v) is 6.49. The fourth-order valence-electron chi connectivity index (χ4n) is 2.03. The van der Waals surface area contributed by atoms with Crippen LogP contribution in [0.5, 0.6) is 0 Å². The second-order valence-electron chi connectivity index (χ2n) is 4.52. The zero-order valence-corrected chi connectivity index (χ0v) is 11.6. The lowest BCUT2D eigenvalue weighted by molar-refractivity contribution is 0.206. The first-order valence-electron chi connectivity index (χ1n) is 6.00. The summed E-state index contributed by atoms with van der Waals surface area (Å²) in [5.41, 5.74) is 0.428. The molecule has 1 aliphatic rings. The van der Waals surface area contributed by atoms with Gasteiger partial charge in [-0.3, -0.25) is 4.90 Å². The molecule has 104 valence electrons. The summed E-state index contributed by atoms with van der Waals surface area (Å²) in [7, 11) is -3.36. The Bertz CT molecular complexity index is 567. The van der Waals surface area contributed by atoms with E-state index in [1.165, 1.54) is 4.31 Å². The Morgan fingerprint density at radius 3 is 2.63 bits per heavy atom. The van der Waals surface area contributed by atoms with Gasteiger partial charge in [-0.05, 0) is 6.92 Å². The first-order valence-corrected chi connectivity index (χ1v) is 7.61. The first kappa shape index (κ1) is 14.0. The molecule has 0 N–H and O–H groups in total. The maximum atomic E-state index is 12.2. The molecule has 1 aromatic rings. The summed E-state index contributed by atoms with van der Waals surface area (Å²) in [5, 5.41) is 12.3. The fraction of sp³-hybridized carbons (Fsp3) is 0.636. The van der Waals surface area contributed by atoms with E-state index in [0.717, 1.165) is 0 Å². The highest BCUT2D eigenvalue weighted by Crippen LogP contribution is 2.13. The molecule has 0 saturated carbocycles. The minimum Gasteiger partial charge on any atom is -0.361 e. The molecule has 1 aliphatic heterocycles. The van der Waals surface area contributed by atoms with Crippen molar-refractivity contribution in [1.82, 2.24) is 14.4 Å². The van der Waals surface area contributed by atoms with Crippen molar-refractivity contribution in [2.75, 3.05) is 32.7 Å². The van der Waals surface area contributed by atoms with Crippen molar-refractivity contribution in [2.24, 2.45) is 0 Å². The van der Waals surface area contributed by atoms with Gasteiger partial charge in [0, 0.05) is 32.2 Å². The standard InChI is InChI=1S/C11H16N4O3S/c1-10-8-11(13-18-10)9-19(16,17)15-6-4-14(3-2-12)5-7-15/h8H,3-7,9H2,1H3. The summed E-state index contributed by atoms with van der Waals surface area (Å²) in [5.74, 6) is 0.465. The van der Waals surface area contributed by atoms with E-state index in [4.69, 9.17) is 9.78 Å². The highest BCUT2D eigenvalue weighted by Gasteiger charge is 2.27. The zero-order valence-electron chi connectivity index (χ0n) is 10.7. The van der Waals surface area contributed by atoms with Gasteiger partial charge in [-0.2, -0.15) is 9.57 Å². The van der Waals surface area contributed by atoms with Crippen LogP contribution < -0.4 is 0 Å². The molecule has 0 radical (unpaired) electrons. The third-order valence-corrected chi connectivity index (χ3v) is 4.84. The largest absolute Gasteiger partial charge is 0.361 e. The Labute approximate surface area is 112 Å². The maximum absolute atomic E-state index is 12.2. The van der Waals surface area contributed by atoms with Crippen LogP contribution in [0, 0.1) is 18.3 Å². The van der Waals surface area contributed by atoms with E-state index in [-0.39, 0.29) is 5.75 Å². The molecule has 7 nitrogen and oxygen atoms in total. The molecule has 2 rings (SSSR count). The van der Waals surface area contributed by atoms with E-state index < -0.39 is 10.0 Å². The number of nitrogens with zero attached hydrogens (tertiary/aromatic N) is 4. The van der Waals surface area contributed by atoms with Gasteiger partial charge in [0.2, 0.25) is 10.0 Å². The molecule has 1 fully saturated rings. The van der Waals surface area contributed by atoms with Gasteiger partial charge in [0.15, 0.2) is 0 Å². The van der Waals surface area contributed by atoms with Gasteiger partial charge in [-0.1, -0.05) is 5.16 Å². The predicted octanol–water partition coefficient (Wildman–Crippen LogP) is -0.0460. The molecule has 2 heterocycles. The van der Waals surface area contributed by atoms with Crippen molar-refractivity contribution in [3.8, 4) is 6.07 Å². The SMILES string of the molecule is Cc1cc(CS(=O)(=O)N2CCN(CC#N)CC2)no1. The Kier molecular flexibility index (Phi) is 4.19. The lowest BCUT2D eigenvalue weighted by Crippen LogP contribution is -2.48. The number of nitriles is 1. The van der Waals surface area contributed by atoms with Gasteiger partial charge in [0.05, 0.1) is 12.6 Å². The molecule has 8 heteroatoms. The second kappa shape index (κ2) is 5.69. The van der Waals surface area contributed by atoms with E-state index in [1.54, 1.807) is 13.0 Å². The van der Waals surface area contributed by atoms with Crippen LogP contribution in [0.1, 0.15) is 11.5 Å². The fourth-order valence-corrected chi connectivity index (χ4v) is 3.44. The van der Waals surface area contributed by atoms with Crippen LogP contribution in [0.4, 0.5) is 0 Å². The summed E-state index contributed by atoms with van der Waals surface area (Å²) in [6.07, 6.45) is 0. The van der Waals surface area contributed by atoms with Crippen LogP contribution in [0.15, 0.2) is 10.6 Å². The number of hydrogen-bond donors (Lipinski definition) is 0. The van der Waals surface area contributed by atoms with Crippen molar-refractivity contribution in [3.05, 3.63) is 17.5 Å².